The molecule has 1 unspecified atom stereocenters. The SMILES string of the molecule is CC1CCC(CNCC2CCC(C)(C)O2)CC1. The summed E-state index contributed by atoms with van der Waals surface area (Å²) in [5, 5.41) is 3.62. The molecular weight excluding hydrogens is 210 g/mol. The van der Waals surface area contributed by atoms with Crippen molar-refractivity contribution in [3.05, 3.63) is 0 Å². The van der Waals surface area contributed by atoms with Crippen molar-refractivity contribution in [2.24, 2.45) is 11.8 Å². The zero-order valence-electron chi connectivity index (χ0n) is 11.8. The average molecular weight is 239 g/mol. The van der Waals surface area contributed by atoms with Gasteiger partial charge in [0.05, 0.1) is 11.7 Å². The highest BCUT2D eigenvalue weighted by atomic mass is 16.5. The molecule has 2 aliphatic rings. The maximum absolute atomic E-state index is 5.99. The number of ether oxygens (including phenoxy) is 1. The van der Waals surface area contributed by atoms with Crippen LogP contribution < -0.4 is 5.32 Å². The molecule has 2 fully saturated rings. The van der Waals surface area contributed by atoms with Gasteiger partial charge in [-0.05, 0) is 57.9 Å². The molecule has 1 saturated heterocycles. The molecule has 0 amide bonds. The van der Waals surface area contributed by atoms with Gasteiger partial charge >= 0.3 is 0 Å². The van der Waals surface area contributed by atoms with Gasteiger partial charge in [0.1, 0.15) is 0 Å². The highest BCUT2D eigenvalue weighted by molar-refractivity contribution is 4.82. The van der Waals surface area contributed by atoms with Gasteiger partial charge in [0.15, 0.2) is 0 Å². The first-order chi connectivity index (χ1) is 8.05. The third-order valence-electron chi connectivity index (χ3n) is 4.49. The topological polar surface area (TPSA) is 21.3 Å². The maximum Gasteiger partial charge on any atom is 0.0707 e. The van der Waals surface area contributed by atoms with Crippen molar-refractivity contribution in [2.75, 3.05) is 13.1 Å². The normalized spacial score (nSPS) is 37.2. The van der Waals surface area contributed by atoms with E-state index in [1.54, 1.807) is 0 Å². The molecule has 1 heterocycles. The maximum atomic E-state index is 5.99. The Kier molecular flexibility index (Phi) is 4.48. The first-order valence-electron chi connectivity index (χ1n) is 7.44. The zero-order valence-corrected chi connectivity index (χ0v) is 11.8. The second-order valence-corrected chi connectivity index (χ2v) is 6.82. The van der Waals surface area contributed by atoms with Crippen LogP contribution in [0.2, 0.25) is 0 Å². The van der Waals surface area contributed by atoms with E-state index in [0.717, 1.165) is 18.4 Å². The largest absolute Gasteiger partial charge is 0.371 e. The molecule has 1 N–H and O–H groups in total. The van der Waals surface area contributed by atoms with Gasteiger partial charge in [0, 0.05) is 6.54 Å². The standard InChI is InChI=1S/C15H29NO/c1-12-4-6-13(7-5-12)10-16-11-14-8-9-15(2,3)17-14/h12-14,16H,4-11H2,1-3H3. The molecule has 0 aromatic carbocycles. The molecule has 2 rings (SSSR count). The van der Waals surface area contributed by atoms with Crippen LogP contribution in [0.1, 0.15) is 59.3 Å². The van der Waals surface area contributed by atoms with Crippen LogP contribution in [0.3, 0.4) is 0 Å². The smallest absolute Gasteiger partial charge is 0.0707 e. The molecule has 1 saturated carbocycles. The summed E-state index contributed by atoms with van der Waals surface area (Å²) in [5.74, 6) is 1.88. The number of rotatable bonds is 4. The van der Waals surface area contributed by atoms with Gasteiger partial charge in [-0.3, -0.25) is 0 Å². The summed E-state index contributed by atoms with van der Waals surface area (Å²) in [6.07, 6.45) is 8.59. The number of hydrogen-bond donors (Lipinski definition) is 1. The van der Waals surface area contributed by atoms with Crippen LogP contribution in [-0.2, 0) is 4.74 Å². The molecule has 1 aliphatic heterocycles. The van der Waals surface area contributed by atoms with Crippen LogP contribution in [0, 0.1) is 11.8 Å². The van der Waals surface area contributed by atoms with Gasteiger partial charge in [-0.2, -0.15) is 0 Å². The fourth-order valence-electron chi connectivity index (χ4n) is 3.20. The Balaban J connectivity index is 1.57. The summed E-state index contributed by atoms with van der Waals surface area (Å²) in [5.41, 5.74) is 0.118. The van der Waals surface area contributed by atoms with Gasteiger partial charge < -0.3 is 10.1 Å². The fraction of sp³-hybridized carbons (Fsp3) is 1.00. The minimum Gasteiger partial charge on any atom is -0.371 e. The Morgan fingerprint density at radius 3 is 2.35 bits per heavy atom. The second-order valence-electron chi connectivity index (χ2n) is 6.82. The summed E-state index contributed by atoms with van der Waals surface area (Å²) in [6, 6.07) is 0. The highest BCUT2D eigenvalue weighted by Crippen LogP contribution is 2.30. The Morgan fingerprint density at radius 2 is 1.76 bits per heavy atom. The van der Waals surface area contributed by atoms with E-state index in [9.17, 15) is 0 Å². The lowest BCUT2D eigenvalue weighted by atomic mass is 9.83. The lowest BCUT2D eigenvalue weighted by Crippen LogP contribution is -2.33. The monoisotopic (exact) mass is 239 g/mol. The zero-order chi connectivity index (χ0) is 12.3. The Hall–Kier alpha value is -0.0800. The van der Waals surface area contributed by atoms with Crippen LogP contribution in [0.25, 0.3) is 0 Å². The van der Waals surface area contributed by atoms with E-state index in [-0.39, 0.29) is 5.60 Å². The summed E-state index contributed by atoms with van der Waals surface area (Å²) < 4.78 is 5.99. The van der Waals surface area contributed by atoms with Gasteiger partial charge in [-0.15, -0.1) is 0 Å². The molecule has 0 bridgehead atoms. The van der Waals surface area contributed by atoms with E-state index < -0.39 is 0 Å². The first kappa shape index (κ1) is 13.4. The van der Waals surface area contributed by atoms with Crippen molar-refractivity contribution in [1.29, 1.82) is 0 Å². The predicted molar refractivity (Wildman–Crippen MR) is 72.2 cm³/mol. The molecule has 2 nitrogen and oxygen atoms in total. The van der Waals surface area contributed by atoms with Crippen LogP contribution in [0.4, 0.5) is 0 Å². The van der Waals surface area contributed by atoms with Crippen LogP contribution in [0.5, 0.6) is 0 Å². The molecule has 0 aromatic heterocycles. The molecule has 17 heavy (non-hydrogen) atoms. The molecular formula is C15H29NO. The third-order valence-corrected chi connectivity index (χ3v) is 4.49. The minimum absolute atomic E-state index is 0.118. The first-order valence-corrected chi connectivity index (χ1v) is 7.44. The Labute approximate surface area is 107 Å². The van der Waals surface area contributed by atoms with Gasteiger partial charge in [-0.1, -0.05) is 19.8 Å². The van der Waals surface area contributed by atoms with Crippen LogP contribution in [-0.4, -0.2) is 24.8 Å². The van der Waals surface area contributed by atoms with Gasteiger partial charge in [-0.25, -0.2) is 0 Å². The van der Waals surface area contributed by atoms with E-state index in [1.807, 2.05) is 0 Å². The van der Waals surface area contributed by atoms with Crippen molar-refractivity contribution >= 4 is 0 Å². The van der Waals surface area contributed by atoms with Crippen molar-refractivity contribution < 1.29 is 4.74 Å². The molecule has 100 valence electrons. The number of hydrogen-bond acceptors (Lipinski definition) is 2. The lowest BCUT2D eigenvalue weighted by Gasteiger charge is -2.27. The van der Waals surface area contributed by atoms with Crippen molar-refractivity contribution in [3.8, 4) is 0 Å². The second kappa shape index (κ2) is 5.71. The highest BCUT2D eigenvalue weighted by Gasteiger charge is 2.31. The van der Waals surface area contributed by atoms with E-state index in [2.05, 4.69) is 26.1 Å². The molecule has 1 aliphatic carbocycles. The van der Waals surface area contributed by atoms with Crippen LogP contribution in [0.15, 0.2) is 0 Å². The summed E-state index contributed by atoms with van der Waals surface area (Å²) >= 11 is 0. The van der Waals surface area contributed by atoms with E-state index >= 15 is 0 Å². The molecule has 0 spiro atoms. The predicted octanol–water partition coefficient (Wildman–Crippen LogP) is 3.36. The minimum atomic E-state index is 0.118. The van der Waals surface area contributed by atoms with Gasteiger partial charge in [0.2, 0.25) is 0 Å². The van der Waals surface area contributed by atoms with Crippen LogP contribution >= 0.6 is 0 Å². The Morgan fingerprint density at radius 1 is 1.06 bits per heavy atom. The van der Waals surface area contributed by atoms with Crippen molar-refractivity contribution in [2.45, 2.75) is 71.0 Å². The molecule has 1 atom stereocenters. The molecule has 0 radical (unpaired) electrons. The van der Waals surface area contributed by atoms with E-state index in [4.69, 9.17) is 4.74 Å². The average Bonchev–Trinajstić information content (AvgIpc) is 2.61. The lowest BCUT2D eigenvalue weighted by molar-refractivity contribution is -0.0145. The summed E-state index contributed by atoms with van der Waals surface area (Å²) in [6.45, 7) is 9.05. The summed E-state index contributed by atoms with van der Waals surface area (Å²) in [7, 11) is 0. The van der Waals surface area contributed by atoms with E-state index in [0.29, 0.717) is 6.10 Å². The number of nitrogens with one attached hydrogen (secondary N) is 1. The molecule has 0 aromatic rings. The quantitative estimate of drug-likeness (QED) is 0.812. The van der Waals surface area contributed by atoms with Crippen molar-refractivity contribution in [3.63, 3.8) is 0 Å². The fourth-order valence-corrected chi connectivity index (χ4v) is 3.20. The van der Waals surface area contributed by atoms with E-state index in [1.165, 1.54) is 45.1 Å². The van der Waals surface area contributed by atoms with Crippen molar-refractivity contribution in [1.82, 2.24) is 5.32 Å². The van der Waals surface area contributed by atoms with Gasteiger partial charge in [0.25, 0.3) is 0 Å². The Bertz CT molecular complexity index is 231. The third kappa shape index (κ3) is 4.26. The molecule has 2 heteroatoms. The summed E-state index contributed by atoms with van der Waals surface area (Å²) in [4.78, 5) is 0.